The minimum absolute atomic E-state index is 0.0332. The standard InChI is InChI=1S/C19H20F3N7O/c1-4-12(19(20,21)22)8-14(24-3)10-29-6-5-15-16(29)17(27-18(23)26-15)25-9-13-7-11(2)30-28-13/h4-8H,3,9-10H2,1-2H3,(H3,23,25,26,27)/b12-4+,14-8-. The van der Waals surface area contributed by atoms with E-state index in [0.717, 1.165) is 12.2 Å². The molecule has 3 heterocycles. The zero-order chi connectivity index (χ0) is 21.9. The summed E-state index contributed by atoms with van der Waals surface area (Å²) in [6, 6.07) is 3.46. The average molecular weight is 419 g/mol. The minimum atomic E-state index is -4.48. The zero-order valence-corrected chi connectivity index (χ0v) is 16.4. The topological polar surface area (TPSA) is 107 Å². The second-order valence-electron chi connectivity index (χ2n) is 6.43. The Labute approximate surface area is 170 Å². The van der Waals surface area contributed by atoms with Gasteiger partial charge in [0.2, 0.25) is 5.95 Å². The molecule has 0 aliphatic carbocycles. The number of aryl methyl sites for hydroxylation is 1. The van der Waals surface area contributed by atoms with Crippen molar-refractivity contribution in [2.24, 2.45) is 4.99 Å². The lowest BCUT2D eigenvalue weighted by Gasteiger charge is -2.12. The lowest BCUT2D eigenvalue weighted by Crippen LogP contribution is -2.11. The van der Waals surface area contributed by atoms with Crippen LogP contribution in [-0.4, -0.2) is 32.6 Å². The lowest BCUT2D eigenvalue weighted by molar-refractivity contribution is -0.0884. The molecule has 0 aromatic carbocycles. The van der Waals surface area contributed by atoms with Crippen molar-refractivity contribution < 1.29 is 17.7 Å². The number of hydrogen-bond donors (Lipinski definition) is 2. The Morgan fingerprint density at radius 2 is 2.17 bits per heavy atom. The van der Waals surface area contributed by atoms with Crippen LogP contribution < -0.4 is 11.1 Å². The fourth-order valence-electron chi connectivity index (χ4n) is 2.88. The van der Waals surface area contributed by atoms with Gasteiger partial charge in [0.25, 0.3) is 0 Å². The molecule has 0 radical (unpaired) electrons. The van der Waals surface area contributed by atoms with Gasteiger partial charge < -0.3 is 20.1 Å². The first kappa shape index (κ1) is 21.1. The van der Waals surface area contributed by atoms with E-state index in [1.54, 1.807) is 29.8 Å². The molecule has 0 aliphatic heterocycles. The van der Waals surface area contributed by atoms with Crippen molar-refractivity contribution in [3.05, 3.63) is 53.2 Å². The molecule has 3 aromatic heterocycles. The van der Waals surface area contributed by atoms with Gasteiger partial charge in [-0.2, -0.15) is 18.2 Å². The molecular formula is C19H20F3N7O. The van der Waals surface area contributed by atoms with Gasteiger partial charge in [0.1, 0.15) is 17.0 Å². The summed E-state index contributed by atoms with van der Waals surface area (Å²) in [6.07, 6.45) is -0.868. The largest absolute Gasteiger partial charge is 0.416 e. The Balaban J connectivity index is 1.95. The Morgan fingerprint density at radius 3 is 2.77 bits per heavy atom. The van der Waals surface area contributed by atoms with Gasteiger partial charge in [-0.05, 0) is 32.7 Å². The number of rotatable bonds is 7. The van der Waals surface area contributed by atoms with Gasteiger partial charge >= 0.3 is 6.18 Å². The van der Waals surface area contributed by atoms with E-state index in [4.69, 9.17) is 10.3 Å². The van der Waals surface area contributed by atoms with Crippen LogP contribution in [0.4, 0.5) is 24.9 Å². The van der Waals surface area contributed by atoms with Gasteiger partial charge in [0.05, 0.1) is 29.9 Å². The summed E-state index contributed by atoms with van der Waals surface area (Å²) >= 11 is 0. The fraction of sp³-hybridized carbons (Fsp3) is 0.263. The van der Waals surface area contributed by atoms with Crippen molar-refractivity contribution >= 4 is 29.5 Å². The Hall–Kier alpha value is -3.63. The lowest BCUT2D eigenvalue weighted by atomic mass is 10.2. The van der Waals surface area contributed by atoms with Crippen molar-refractivity contribution in [2.45, 2.75) is 33.1 Å². The first-order chi connectivity index (χ1) is 14.2. The van der Waals surface area contributed by atoms with Crippen LogP contribution in [0.25, 0.3) is 11.0 Å². The van der Waals surface area contributed by atoms with Crippen LogP contribution in [0.2, 0.25) is 0 Å². The number of anilines is 2. The maximum atomic E-state index is 13.1. The average Bonchev–Trinajstić information content (AvgIpc) is 3.27. The van der Waals surface area contributed by atoms with Crippen molar-refractivity contribution in [3.8, 4) is 0 Å². The molecule has 0 saturated heterocycles. The number of aliphatic imine (C=N–C) groups is 1. The van der Waals surface area contributed by atoms with E-state index in [0.29, 0.717) is 34.9 Å². The summed E-state index contributed by atoms with van der Waals surface area (Å²) < 4.78 is 46.0. The molecule has 0 spiro atoms. The van der Waals surface area contributed by atoms with Crippen LogP contribution in [-0.2, 0) is 13.1 Å². The molecule has 0 fully saturated rings. The number of nitrogens with two attached hydrogens (primary N) is 1. The van der Waals surface area contributed by atoms with E-state index < -0.39 is 11.7 Å². The van der Waals surface area contributed by atoms with E-state index in [2.05, 4.69) is 32.2 Å². The number of nitrogen functional groups attached to an aromatic ring is 1. The summed E-state index contributed by atoms with van der Waals surface area (Å²) in [5.41, 5.74) is 6.87. The second kappa shape index (κ2) is 8.39. The highest BCUT2D eigenvalue weighted by Crippen LogP contribution is 2.29. The highest BCUT2D eigenvalue weighted by molar-refractivity contribution is 5.87. The maximum absolute atomic E-state index is 13.1. The molecule has 3 aromatic rings. The number of hydrogen-bond acceptors (Lipinski definition) is 7. The highest BCUT2D eigenvalue weighted by atomic mass is 19.4. The SMILES string of the molecule is C=N/C(=C\C(=C/C)C(F)(F)F)Cn1ccc2nc(N)nc(NCc3cc(C)on3)c21. The van der Waals surface area contributed by atoms with Crippen LogP contribution in [0.5, 0.6) is 0 Å². The number of allylic oxidation sites excluding steroid dienone is 4. The molecule has 0 aliphatic rings. The van der Waals surface area contributed by atoms with Crippen molar-refractivity contribution in [2.75, 3.05) is 11.1 Å². The molecule has 0 atom stereocenters. The van der Waals surface area contributed by atoms with E-state index >= 15 is 0 Å². The molecular weight excluding hydrogens is 399 g/mol. The monoisotopic (exact) mass is 419 g/mol. The molecule has 3 rings (SSSR count). The molecule has 0 unspecified atom stereocenters. The molecule has 11 heteroatoms. The van der Waals surface area contributed by atoms with E-state index in [1.807, 2.05) is 0 Å². The van der Waals surface area contributed by atoms with Crippen LogP contribution >= 0.6 is 0 Å². The summed E-state index contributed by atoms with van der Waals surface area (Å²) in [7, 11) is 0. The quantitative estimate of drug-likeness (QED) is 0.443. The number of fused-ring (bicyclic) bond motifs is 1. The normalized spacial score (nSPS) is 13.1. The third-order valence-electron chi connectivity index (χ3n) is 4.24. The van der Waals surface area contributed by atoms with Gasteiger partial charge in [0, 0.05) is 12.3 Å². The summed E-state index contributed by atoms with van der Waals surface area (Å²) in [5.74, 6) is 1.14. The van der Waals surface area contributed by atoms with Gasteiger partial charge in [0.15, 0.2) is 5.82 Å². The van der Waals surface area contributed by atoms with Gasteiger partial charge in [-0.25, -0.2) is 4.98 Å². The van der Waals surface area contributed by atoms with Crippen LogP contribution in [0.1, 0.15) is 18.4 Å². The number of nitrogens with one attached hydrogen (secondary N) is 1. The molecule has 30 heavy (non-hydrogen) atoms. The smallest absolute Gasteiger partial charge is 0.368 e. The summed E-state index contributed by atoms with van der Waals surface area (Å²) in [6.45, 7) is 6.83. The van der Waals surface area contributed by atoms with Crippen molar-refractivity contribution in [3.63, 3.8) is 0 Å². The Kier molecular flexibility index (Phi) is 5.90. The number of nitrogens with zero attached hydrogens (tertiary/aromatic N) is 5. The highest BCUT2D eigenvalue weighted by Gasteiger charge is 2.31. The minimum Gasteiger partial charge on any atom is -0.368 e. The van der Waals surface area contributed by atoms with Crippen molar-refractivity contribution in [1.29, 1.82) is 0 Å². The first-order valence-corrected chi connectivity index (χ1v) is 8.90. The maximum Gasteiger partial charge on any atom is 0.416 e. The molecule has 0 amide bonds. The van der Waals surface area contributed by atoms with E-state index in [1.165, 1.54) is 6.92 Å². The Morgan fingerprint density at radius 1 is 1.40 bits per heavy atom. The van der Waals surface area contributed by atoms with E-state index in [-0.39, 0.29) is 18.2 Å². The predicted octanol–water partition coefficient (Wildman–Crippen LogP) is 4.02. The van der Waals surface area contributed by atoms with Gasteiger partial charge in [-0.1, -0.05) is 11.2 Å². The van der Waals surface area contributed by atoms with Crippen molar-refractivity contribution in [1.82, 2.24) is 19.7 Å². The van der Waals surface area contributed by atoms with Gasteiger partial charge in [-0.15, -0.1) is 0 Å². The molecule has 8 nitrogen and oxygen atoms in total. The summed E-state index contributed by atoms with van der Waals surface area (Å²) in [5, 5.41) is 7.03. The summed E-state index contributed by atoms with van der Waals surface area (Å²) in [4.78, 5) is 12.2. The first-order valence-electron chi connectivity index (χ1n) is 8.90. The fourth-order valence-corrected chi connectivity index (χ4v) is 2.88. The third kappa shape index (κ3) is 4.67. The third-order valence-corrected chi connectivity index (χ3v) is 4.24. The zero-order valence-electron chi connectivity index (χ0n) is 16.4. The van der Waals surface area contributed by atoms with Crippen LogP contribution in [0.3, 0.4) is 0 Å². The molecule has 158 valence electrons. The number of halogens is 3. The van der Waals surface area contributed by atoms with Crippen LogP contribution in [0, 0.1) is 6.92 Å². The molecule has 0 saturated carbocycles. The molecule has 3 N–H and O–H groups in total. The number of aromatic nitrogens is 4. The van der Waals surface area contributed by atoms with Crippen LogP contribution in [0.15, 0.2) is 51.3 Å². The Bertz CT molecular complexity index is 1130. The number of alkyl halides is 3. The predicted molar refractivity (Wildman–Crippen MR) is 108 cm³/mol. The van der Waals surface area contributed by atoms with E-state index in [9.17, 15) is 13.2 Å². The second-order valence-corrected chi connectivity index (χ2v) is 6.43. The van der Waals surface area contributed by atoms with Gasteiger partial charge in [-0.3, -0.25) is 4.99 Å². The molecule has 0 bridgehead atoms.